The van der Waals surface area contributed by atoms with E-state index in [9.17, 15) is 10.1 Å². The zero-order valence-electron chi connectivity index (χ0n) is 17.4. The van der Waals surface area contributed by atoms with Crippen LogP contribution in [0, 0.1) is 17.2 Å². The first-order valence-corrected chi connectivity index (χ1v) is 9.45. The molecule has 150 valence electrons. The van der Waals surface area contributed by atoms with Crippen molar-refractivity contribution in [3.8, 4) is 22.9 Å². The fraction of sp³-hybridized carbons (Fsp3) is 0.455. The molecule has 1 aromatic carbocycles. The molecule has 0 saturated heterocycles. The maximum atomic E-state index is 12.7. The molecule has 6 nitrogen and oxygen atoms in total. The number of rotatable bonds is 9. The van der Waals surface area contributed by atoms with Crippen LogP contribution in [-0.2, 0) is 11.3 Å². The van der Waals surface area contributed by atoms with Crippen LogP contribution in [0.2, 0.25) is 0 Å². The van der Waals surface area contributed by atoms with Crippen molar-refractivity contribution >= 4 is 5.69 Å². The van der Waals surface area contributed by atoms with Crippen molar-refractivity contribution in [1.29, 1.82) is 5.26 Å². The van der Waals surface area contributed by atoms with E-state index in [0.717, 1.165) is 24.2 Å². The Kier molecular flexibility index (Phi) is 7.65. The van der Waals surface area contributed by atoms with Crippen LogP contribution in [0.3, 0.4) is 0 Å². The van der Waals surface area contributed by atoms with E-state index >= 15 is 0 Å². The molecule has 0 aliphatic heterocycles. The predicted octanol–water partition coefficient (Wildman–Crippen LogP) is 3.52. The molecule has 0 saturated carbocycles. The lowest BCUT2D eigenvalue weighted by Gasteiger charge is -2.22. The summed E-state index contributed by atoms with van der Waals surface area (Å²) in [5.41, 5.74) is 2.24. The predicted molar refractivity (Wildman–Crippen MR) is 112 cm³/mol. The van der Waals surface area contributed by atoms with Gasteiger partial charge in [-0.25, -0.2) is 0 Å². The van der Waals surface area contributed by atoms with Crippen molar-refractivity contribution in [2.45, 2.75) is 26.8 Å². The minimum atomic E-state index is -0.249. The molecule has 0 bridgehead atoms. The van der Waals surface area contributed by atoms with Gasteiger partial charge in [-0.05, 0) is 36.1 Å². The number of likely N-dealkylation sites (N-methyl/N-ethyl adjacent to an activating group) is 1. The third-order valence-corrected chi connectivity index (χ3v) is 4.76. The molecular formula is C22H29N3O3. The Labute approximate surface area is 166 Å². The highest BCUT2D eigenvalue weighted by Gasteiger charge is 2.15. The zero-order chi connectivity index (χ0) is 20.7. The molecule has 1 aromatic heterocycles. The number of hydrogen-bond acceptors (Lipinski definition) is 5. The summed E-state index contributed by atoms with van der Waals surface area (Å²) < 4.78 is 12.3. The third kappa shape index (κ3) is 4.93. The first-order valence-electron chi connectivity index (χ1n) is 9.45. The molecule has 6 heteroatoms. The van der Waals surface area contributed by atoms with E-state index in [-0.39, 0.29) is 11.1 Å². The summed E-state index contributed by atoms with van der Waals surface area (Å²) in [6.45, 7) is 6.17. The van der Waals surface area contributed by atoms with Crippen LogP contribution in [0.15, 0.2) is 35.3 Å². The zero-order valence-corrected chi connectivity index (χ0v) is 17.4. The fourth-order valence-corrected chi connectivity index (χ4v) is 3.01. The van der Waals surface area contributed by atoms with Gasteiger partial charge in [0.1, 0.15) is 17.4 Å². The van der Waals surface area contributed by atoms with E-state index in [2.05, 4.69) is 19.9 Å². The highest BCUT2D eigenvalue weighted by molar-refractivity contribution is 5.75. The second-order valence-electron chi connectivity index (χ2n) is 7.20. The summed E-state index contributed by atoms with van der Waals surface area (Å²) >= 11 is 0. The molecule has 0 aliphatic carbocycles. The standard InChI is InChI=1S/C22H29N3O3/c1-16(2)8-10-25-11-9-18(19(15-23)22(25)26)17-6-7-20(21(14-17)28-5)24(3)12-13-27-4/h6-7,9,11,14,16H,8,10,12-13H2,1-5H3. The van der Waals surface area contributed by atoms with Crippen LogP contribution < -0.4 is 15.2 Å². The Morgan fingerprint density at radius 3 is 2.61 bits per heavy atom. The van der Waals surface area contributed by atoms with Gasteiger partial charge >= 0.3 is 0 Å². The van der Waals surface area contributed by atoms with Crippen LogP contribution in [-0.4, -0.2) is 39.0 Å². The molecule has 0 spiro atoms. The Bertz CT molecular complexity index is 897. The molecule has 0 amide bonds. The molecular weight excluding hydrogens is 354 g/mol. The summed E-state index contributed by atoms with van der Waals surface area (Å²) in [6, 6.07) is 9.65. The number of benzene rings is 1. The Hall–Kier alpha value is -2.78. The van der Waals surface area contributed by atoms with Gasteiger partial charge < -0.3 is 18.9 Å². The van der Waals surface area contributed by atoms with Crippen LogP contribution in [0.1, 0.15) is 25.8 Å². The van der Waals surface area contributed by atoms with Crippen molar-refractivity contribution in [2.75, 3.05) is 39.3 Å². The smallest absolute Gasteiger partial charge is 0.269 e. The maximum Gasteiger partial charge on any atom is 0.269 e. The van der Waals surface area contributed by atoms with E-state index in [1.807, 2.05) is 36.2 Å². The summed E-state index contributed by atoms with van der Waals surface area (Å²) in [6.07, 6.45) is 2.66. The fourth-order valence-electron chi connectivity index (χ4n) is 3.01. The highest BCUT2D eigenvalue weighted by Crippen LogP contribution is 2.33. The average Bonchev–Trinajstić information content (AvgIpc) is 2.70. The van der Waals surface area contributed by atoms with Crippen molar-refractivity contribution in [1.82, 2.24) is 4.57 Å². The van der Waals surface area contributed by atoms with E-state index < -0.39 is 0 Å². The van der Waals surface area contributed by atoms with Crippen LogP contribution >= 0.6 is 0 Å². The topological polar surface area (TPSA) is 67.5 Å². The molecule has 0 unspecified atom stereocenters. The number of nitrogens with zero attached hydrogens (tertiary/aromatic N) is 3. The number of anilines is 1. The summed E-state index contributed by atoms with van der Waals surface area (Å²) in [5.74, 6) is 1.17. The van der Waals surface area contributed by atoms with Gasteiger partial charge in [0, 0.05) is 39.0 Å². The number of methoxy groups -OCH3 is 2. The highest BCUT2D eigenvalue weighted by atomic mass is 16.5. The number of nitriles is 1. The number of hydrogen-bond donors (Lipinski definition) is 0. The number of aryl methyl sites for hydroxylation is 1. The molecule has 2 rings (SSSR count). The normalized spacial score (nSPS) is 10.8. The number of aromatic nitrogens is 1. The molecule has 0 N–H and O–H groups in total. The molecule has 0 aliphatic rings. The van der Waals surface area contributed by atoms with Crippen molar-refractivity contribution in [3.63, 3.8) is 0 Å². The van der Waals surface area contributed by atoms with Gasteiger partial charge in [0.05, 0.1) is 19.4 Å². The molecule has 28 heavy (non-hydrogen) atoms. The van der Waals surface area contributed by atoms with Gasteiger partial charge in [0.15, 0.2) is 0 Å². The van der Waals surface area contributed by atoms with Gasteiger partial charge in [0.25, 0.3) is 5.56 Å². The number of pyridine rings is 1. The van der Waals surface area contributed by atoms with Crippen molar-refractivity contribution < 1.29 is 9.47 Å². The monoisotopic (exact) mass is 383 g/mol. The van der Waals surface area contributed by atoms with Crippen molar-refractivity contribution in [3.05, 3.63) is 46.4 Å². The Morgan fingerprint density at radius 2 is 2.00 bits per heavy atom. The van der Waals surface area contributed by atoms with Gasteiger partial charge in [0.2, 0.25) is 0 Å². The molecule has 0 fully saturated rings. The minimum Gasteiger partial charge on any atom is -0.495 e. The van der Waals surface area contributed by atoms with Gasteiger partial charge in [-0.1, -0.05) is 19.9 Å². The first kappa shape index (κ1) is 21.5. The SMILES string of the molecule is COCCN(C)c1ccc(-c2ccn(CCC(C)C)c(=O)c2C#N)cc1OC. The first-order chi connectivity index (χ1) is 13.4. The van der Waals surface area contributed by atoms with Gasteiger partial charge in [-0.3, -0.25) is 4.79 Å². The Morgan fingerprint density at radius 1 is 1.25 bits per heavy atom. The summed E-state index contributed by atoms with van der Waals surface area (Å²) in [5, 5.41) is 9.61. The molecule has 0 radical (unpaired) electrons. The molecule has 1 heterocycles. The van der Waals surface area contributed by atoms with Crippen LogP contribution in [0.25, 0.3) is 11.1 Å². The largest absolute Gasteiger partial charge is 0.495 e. The lowest BCUT2D eigenvalue weighted by Crippen LogP contribution is -2.23. The maximum absolute atomic E-state index is 12.7. The lowest BCUT2D eigenvalue weighted by molar-refractivity contribution is 0.206. The molecule has 2 aromatic rings. The minimum absolute atomic E-state index is 0.161. The van der Waals surface area contributed by atoms with E-state index in [1.54, 1.807) is 25.0 Å². The molecule has 0 atom stereocenters. The van der Waals surface area contributed by atoms with E-state index in [4.69, 9.17) is 9.47 Å². The third-order valence-electron chi connectivity index (χ3n) is 4.76. The Balaban J connectivity index is 2.43. The van der Waals surface area contributed by atoms with E-state index in [0.29, 0.717) is 30.4 Å². The average molecular weight is 383 g/mol. The van der Waals surface area contributed by atoms with E-state index in [1.165, 1.54) is 0 Å². The second kappa shape index (κ2) is 9.95. The summed E-state index contributed by atoms with van der Waals surface area (Å²) in [7, 11) is 5.25. The number of ether oxygens (including phenoxy) is 2. The summed E-state index contributed by atoms with van der Waals surface area (Å²) in [4.78, 5) is 14.8. The second-order valence-corrected chi connectivity index (χ2v) is 7.20. The van der Waals surface area contributed by atoms with Crippen LogP contribution in [0.5, 0.6) is 5.75 Å². The van der Waals surface area contributed by atoms with Crippen molar-refractivity contribution in [2.24, 2.45) is 5.92 Å². The van der Waals surface area contributed by atoms with Gasteiger partial charge in [-0.2, -0.15) is 5.26 Å². The van der Waals surface area contributed by atoms with Gasteiger partial charge in [-0.15, -0.1) is 0 Å². The van der Waals surface area contributed by atoms with Crippen LogP contribution in [0.4, 0.5) is 5.69 Å². The lowest BCUT2D eigenvalue weighted by atomic mass is 10.0. The quantitative estimate of drug-likeness (QED) is 0.663.